The van der Waals surface area contributed by atoms with Gasteiger partial charge in [0.25, 0.3) is 5.91 Å². The molecule has 1 aliphatic heterocycles. The van der Waals surface area contributed by atoms with Gasteiger partial charge in [0.15, 0.2) is 17.3 Å². The van der Waals surface area contributed by atoms with Gasteiger partial charge >= 0.3 is 0 Å². The first-order valence-electron chi connectivity index (χ1n) is 12.9. The molecule has 200 valence electrons. The Hall–Kier alpha value is -4.52. The predicted molar refractivity (Wildman–Crippen MR) is 150 cm³/mol. The van der Waals surface area contributed by atoms with Gasteiger partial charge in [0, 0.05) is 40.6 Å². The lowest BCUT2D eigenvalue weighted by Gasteiger charge is -2.37. The fourth-order valence-corrected chi connectivity index (χ4v) is 5.62. The van der Waals surface area contributed by atoms with Gasteiger partial charge in [-0.1, -0.05) is 36.4 Å². The van der Waals surface area contributed by atoms with E-state index in [9.17, 15) is 14.7 Å². The average Bonchev–Trinajstić information content (AvgIpc) is 2.92. The normalized spacial score (nSPS) is 18.8. The number of dihydropyridines is 1. The summed E-state index contributed by atoms with van der Waals surface area (Å²) in [4.78, 5) is 27.6. The van der Waals surface area contributed by atoms with E-state index >= 15 is 0 Å². The van der Waals surface area contributed by atoms with E-state index in [1.165, 1.54) is 0 Å². The Morgan fingerprint density at radius 2 is 1.69 bits per heavy atom. The van der Waals surface area contributed by atoms with Crippen molar-refractivity contribution >= 4 is 17.4 Å². The zero-order valence-electron chi connectivity index (χ0n) is 22.5. The number of phenolic OH excluding ortho intramolecular Hbond substituents is 1. The van der Waals surface area contributed by atoms with Crippen LogP contribution in [0.15, 0.2) is 89.3 Å². The molecule has 0 aromatic heterocycles. The lowest BCUT2D eigenvalue weighted by molar-refractivity contribution is -0.116. The molecule has 3 N–H and O–H groups in total. The number of aromatic hydroxyl groups is 1. The maximum absolute atomic E-state index is 13.9. The van der Waals surface area contributed by atoms with E-state index in [2.05, 4.69) is 10.6 Å². The number of allylic oxidation sites excluding steroid dienone is 3. The Bertz CT molecular complexity index is 1520. The highest BCUT2D eigenvalue weighted by atomic mass is 16.5. The standard InChI is InChI=1S/C32H32N2O5/c1-18-8-5-6-11-24(18)34-32(37)29-19(2)33-25-15-22(20-12-13-27(38-3)28(17-20)39-4)16-26(36)31(25)30(29)21-9-7-10-23(35)14-21/h5-14,17,22,30,33,35H,15-16H2,1-4H3,(H,34,37)/t22-,30-/m0/s1. The van der Waals surface area contributed by atoms with Gasteiger partial charge in [-0.25, -0.2) is 0 Å². The third-order valence-electron chi connectivity index (χ3n) is 7.55. The van der Waals surface area contributed by atoms with E-state index < -0.39 is 5.92 Å². The van der Waals surface area contributed by atoms with Gasteiger partial charge in [0.05, 0.1) is 14.2 Å². The Labute approximate surface area is 228 Å². The van der Waals surface area contributed by atoms with Crippen LogP contribution in [0.3, 0.4) is 0 Å². The number of hydrogen-bond acceptors (Lipinski definition) is 6. The van der Waals surface area contributed by atoms with Crippen molar-refractivity contribution in [1.82, 2.24) is 5.32 Å². The number of rotatable bonds is 6. The molecule has 2 aliphatic rings. The van der Waals surface area contributed by atoms with Crippen molar-refractivity contribution in [1.29, 1.82) is 0 Å². The summed E-state index contributed by atoms with van der Waals surface area (Å²) in [5.74, 6) is 0.319. The van der Waals surface area contributed by atoms with Crippen LogP contribution >= 0.6 is 0 Å². The summed E-state index contributed by atoms with van der Waals surface area (Å²) in [6.45, 7) is 3.79. The molecule has 0 radical (unpaired) electrons. The van der Waals surface area contributed by atoms with Crippen LogP contribution < -0.4 is 20.1 Å². The van der Waals surface area contributed by atoms with Crippen molar-refractivity contribution in [2.45, 2.75) is 38.5 Å². The third kappa shape index (κ3) is 5.00. The third-order valence-corrected chi connectivity index (χ3v) is 7.55. The molecule has 0 saturated heterocycles. The Morgan fingerprint density at radius 3 is 2.41 bits per heavy atom. The summed E-state index contributed by atoms with van der Waals surface area (Å²) in [6.07, 6.45) is 0.882. The van der Waals surface area contributed by atoms with Gasteiger partial charge < -0.3 is 25.2 Å². The zero-order chi connectivity index (χ0) is 27.7. The number of benzene rings is 3. The van der Waals surface area contributed by atoms with Gasteiger partial charge in [-0.2, -0.15) is 0 Å². The number of anilines is 1. The number of hydrogen-bond donors (Lipinski definition) is 3. The fourth-order valence-electron chi connectivity index (χ4n) is 5.62. The number of nitrogens with one attached hydrogen (secondary N) is 2. The number of aryl methyl sites for hydroxylation is 1. The quantitative estimate of drug-likeness (QED) is 0.382. The van der Waals surface area contributed by atoms with E-state index in [1.54, 1.807) is 32.4 Å². The second kappa shape index (κ2) is 10.7. The number of phenols is 1. The molecule has 7 nitrogen and oxygen atoms in total. The first-order chi connectivity index (χ1) is 18.8. The molecule has 0 saturated carbocycles. The van der Waals surface area contributed by atoms with E-state index in [4.69, 9.17) is 9.47 Å². The number of methoxy groups -OCH3 is 2. The van der Waals surface area contributed by atoms with Crippen LogP contribution in [0.25, 0.3) is 0 Å². The first-order valence-corrected chi connectivity index (χ1v) is 12.9. The zero-order valence-corrected chi connectivity index (χ0v) is 22.5. The fraction of sp³-hybridized carbons (Fsp3) is 0.250. The number of carbonyl (C=O) groups excluding carboxylic acids is 2. The first kappa shape index (κ1) is 26.1. The maximum atomic E-state index is 13.9. The molecule has 1 amide bonds. The highest BCUT2D eigenvalue weighted by molar-refractivity contribution is 6.10. The lowest BCUT2D eigenvalue weighted by atomic mass is 9.71. The number of ether oxygens (including phenoxy) is 2. The van der Waals surface area contributed by atoms with Crippen LogP contribution in [0.1, 0.15) is 48.3 Å². The smallest absolute Gasteiger partial charge is 0.254 e. The van der Waals surface area contributed by atoms with E-state index in [0.29, 0.717) is 46.0 Å². The van der Waals surface area contributed by atoms with Crippen molar-refractivity contribution in [3.8, 4) is 17.2 Å². The number of para-hydroxylation sites is 1. The lowest BCUT2D eigenvalue weighted by Crippen LogP contribution is -2.37. The molecular weight excluding hydrogens is 492 g/mol. The summed E-state index contributed by atoms with van der Waals surface area (Å²) in [7, 11) is 3.18. The van der Waals surface area contributed by atoms with Gasteiger partial charge in [-0.15, -0.1) is 0 Å². The van der Waals surface area contributed by atoms with Crippen molar-refractivity contribution in [3.63, 3.8) is 0 Å². The molecule has 3 aromatic rings. The van der Waals surface area contributed by atoms with Gasteiger partial charge in [-0.3, -0.25) is 9.59 Å². The van der Waals surface area contributed by atoms with Crippen LogP contribution in [-0.4, -0.2) is 31.0 Å². The Balaban J connectivity index is 1.55. The minimum atomic E-state index is -0.615. The van der Waals surface area contributed by atoms with Crippen LogP contribution in [0, 0.1) is 6.92 Å². The molecular formula is C32H32N2O5. The minimum Gasteiger partial charge on any atom is -0.508 e. The molecule has 0 unspecified atom stereocenters. The van der Waals surface area contributed by atoms with E-state index in [0.717, 1.165) is 16.8 Å². The molecule has 3 aromatic carbocycles. The van der Waals surface area contributed by atoms with Gasteiger partial charge in [-0.05, 0) is 73.2 Å². The minimum absolute atomic E-state index is 0.0365. The molecule has 1 aliphatic carbocycles. The van der Waals surface area contributed by atoms with Gasteiger partial charge in [0.1, 0.15) is 5.75 Å². The van der Waals surface area contributed by atoms with Crippen molar-refractivity contribution in [2.24, 2.45) is 0 Å². The summed E-state index contributed by atoms with van der Waals surface area (Å²) in [5.41, 5.74) is 5.81. The average molecular weight is 525 g/mol. The van der Waals surface area contributed by atoms with Crippen LogP contribution in [0.5, 0.6) is 17.2 Å². The molecule has 0 spiro atoms. The Morgan fingerprint density at radius 1 is 0.923 bits per heavy atom. The van der Waals surface area contributed by atoms with Crippen LogP contribution in [0.2, 0.25) is 0 Å². The summed E-state index contributed by atoms with van der Waals surface area (Å²) >= 11 is 0. The van der Waals surface area contributed by atoms with Crippen LogP contribution in [0.4, 0.5) is 5.69 Å². The highest BCUT2D eigenvalue weighted by Crippen LogP contribution is 2.47. The largest absolute Gasteiger partial charge is 0.508 e. The molecule has 0 bridgehead atoms. The number of amides is 1. The van der Waals surface area contributed by atoms with Crippen LogP contribution in [-0.2, 0) is 9.59 Å². The van der Waals surface area contributed by atoms with Crippen molar-refractivity contribution < 1.29 is 24.2 Å². The maximum Gasteiger partial charge on any atom is 0.254 e. The second-order valence-electron chi connectivity index (χ2n) is 10.00. The monoisotopic (exact) mass is 524 g/mol. The summed E-state index contributed by atoms with van der Waals surface area (Å²) in [6, 6.07) is 20.1. The summed E-state index contributed by atoms with van der Waals surface area (Å²) in [5, 5.41) is 16.7. The summed E-state index contributed by atoms with van der Waals surface area (Å²) < 4.78 is 10.9. The Kier molecular flexibility index (Phi) is 7.15. The number of ketones is 1. The predicted octanol–water partition coefficient (Wildman–Crippen LogP) is 5.72. The molecule has 2 atom stereocenters. The molecule has 0 fully saturated rings. The second-order valence-corrected chi connectivity index (χ2v) is 10.00. The van der Waals surface area contributed by atoms with Crippen molar-refractivity contribution in [3.05, 3.63) is 106 Å². The SMILES string of the molecule is COc1ccc([C@@H]2CC(=O)C3=C(C2)NC(C)=C(C(=O)Nc2ccccc2C)[C@@H]3c2cccc(O)c2)cc1OC. The van der Waals surface area contributed by atoms with Crippen molar-refractivity contribution in [2.75, 3.05) is 19.5 Å². The number of carbonyl (C=O) groups is 2. The topological polar surface area (TPSA) is 96.9 Å². The molecule has 1 heterocycles. The molecule has 5 rings (SSSR count). The van der Waals surface area contributed by atoms with E-state index in [-0.39, 0.29) is 29.8 Å². The van der Waals surface area contributed by atoms with Gasteiger partial charge in [0.2, 0.25) is 0 Å². The highest BCUT2D eigenvalue weighted by Gasteiger charge is 2.41. The van der Waals surface area contributed by atoms with E-state index in [1.807, 2.05) is 62.4 Å². The molecule has 7 heteroatoms. The molecule has 39 heavy (non-hydrogen) atoms. The number of Topliss-reactive ketones (excluding diaryl/α,β-unsaturated/α-hetero) is 1.